The second kappa shape index (κ2) is 6.52. The Labute approximate surface area is 132 Å². The fourth-order valence-electron chi connectivity index (χ4n) is 3.69. The Kier molecular flexibility index (Phi) is 4.66. The normalized spacial score (nSPS) is 23.7. The number of β-amino-alcohol motifs (C(OH)–C–C–N with tert-alkyl or cyclic N) is 1. The highest BCUT2D eigenvalue weighted by Gasteiger charge is 2.39. The van der Waals surface area contributed by atoms with Crippen molar-refractivity contribution >= 4 is 5.69 Å². The maximum absolute atomic E-state index is 10.5. The lowest BCUT2D eigenvalue weighted by atomic mass is 9.94. The van der Waals surface area contributed by atoms with Crippen LogP contribution in [0.5, 0.6) is 0 Å². The van der Waals surface area contributed by atoms with Crippen LogP contribution in [0.15, 0.2) is 18.5 Å². The highest BCUT2D eigenvalue weighted by Crippen LogP contribution is 2.33. The van der Waals surface area contributed by atoms with Crippen LogP contribution in [-0.2, 0) is 0 Å². The van der Waals surface area contributed by atoms with Crippen LogP contribution in [0.1, 0.15) is 31.2 Å². The monoisotopic (exact) mass is 305 g/mol. The number of aryl methyl sites for hydroxylation is 1. The van der Waals surface area contributed by atoms with E-state index in [-0.39, 0.29) is 0 Å². The summed E-state index contributed by atoms with van der Waals surface area (Å²) in [4.78, 5) is 8.84. The van der Waals surface area contributed by atoms with Crippen LogP contribution in [0.4, 0.5) is 5.69 Å². The van der Waals surface area contributed by atoms with Crippen LogP contribution in [-0.4, -0.2) is 64.5 Å². The van der Waals surface area contributed by atoms with E-state index in [4.69, 9.17) is 0 Å². The molecule has 1 aromatic rings. The van der Waals surface area contributed by atoms with Crippen LogP contribution < -0.4 is 4.90 Å². The molecule has 0 bridgehead atoms. The van der Waals surface area contributed by atoms with E-state index in [0.29, 0.717) is 6.54 Å². The lowest BCUT2D eigenvalue weighted by molar-refractivity contribution is -0.0818. The molecule has 1 aliphatic heterocycles. The molecule has 2 heterocycles. The van der Waals surface area contributed by atoms with Gasteiger partial charge in [-0.3, -0.25) is 9.88 Å². The summed E-state index contributed by atoms with van der Waals surface area (Å²) in [6, 6.07) is 2.04. The highest BCUT2D eigenvalue weighted by atomic mass is 16.3. The summed E-state index contributed by atoms with van der Waals surface area (Å²) in [5.74, 6) is 0. The Morgan fingerprint density at radius 1 is 1.23 bits per heavy atom. The number of aliphatic hydroxyl groups excluding tert-OH is 1. The summed E-state index contributed by atoms with van der Waals surface area (Å²) in [6.07, 6.45) is 6.67. The van der Waals surface area contributed by atoms with Gasteiger partial charge in [0.1, 0.15) is 0 Å². The lowest BCUT2D eigenvalue weighted by Crippen LogP contribution is -2.53. The minimum Gasteiger partial charge on any atom is -0.389 e. The number of nitrogens with zero attached hydrogens (tertiary/aromatic N) is 3. The van der Waals surface area contributed by atoms with Crippen LogP contribution >= 0.6 is 0 Å². The van der Waals surface area contributed by atoms with E-state index in [9.17, 15) is 10.2 Å². The number of pyridine rings is 1. The predicted molar refractivity (Wildman–Crippen MR) is 87.1 cm³/mol. The van der Waals surface area contributed by atoms with Crippen molar-refractivity contribution in [1.29, 1.82) is 0 Å². The van der Waals surface area contributed by atoms with Crippen molar-refractivity contribution in [3.8, 4) is 0 Å². The minimum atomic E-state index is -0.850. The van der Waals surface area contributed by atoms with E-state index in [1.165, 1.54) is 11.3 Å². The molecular formula is C17H27N3O2. The zero-order valence-electron chi connectivity index (χ0n) is 13.4. The second-order valence-electron chi connectivity index (χ2n) is 6.78. The van der Waals surface area contributed by atoms with Gasteiger partial charge >= 0.3 is 0 Å². The van der Waals surface area contributed by atoms with Gasteiger partial charge in [-0.25, -0.2) is 0 Å². The van der Waals surface area contributed by atoms with Gasteiger partial charge in [0.2, 0.25) is 0 Å². The van der Waals surface area contributed by atoms with E-state index in [1.54, 1.807) is 0 Å². The quantitative estimate of drug-likeness (QED) is 0.875. The average molecular weight is 305 g/mol. The molecule has 1 aromatic heterocycles. The van der Waals surface area contributed by atoms with E-state index in [2.05, 4.69) is 21.7 Å². The molecule has 122 valence electrons. The van der Waals surface area contributed by atoms with E-state index < -0.39 is 11.7 Å². The van der Waals surface area contributed by atoms with Gasteiger partial charge in [0.05, 0.1) is 23.6 Å². The molecule has 1 aliphatic carbocycles. The molecule has 1 saturated carbocycles. The van der Waals surface area contributed by atoms with Crippen molar-refractivity contribution in [3.05, 3.63) is 24.0 Å². The van der Waals surface area contributed by atoms with Crippen LogP contribution in [0.2, 0.25) is 0 Å². The zero-order valence-corrected chi connectivity index (χ0v) is 13.4. The first-order valence-electron chi connectivity index (χ1n) is 8.37. The first-order valence-corrected chi connectivity index (χ1v) is 8.37. The smallest absolute Gasteiger partial charge is 0.0953 e. The highest BCUT2D eigenvalue weighted by molar-refractivity contribution is 5.51. The third-order valence-electron chi connectivity index (χ3n) is 5.25. The van der Waals surface area contributed by atoms with Gasteiger partial charge in [-0.1, -0.05) is 12.8 Å². The molecule has 1 unspecified atom stereocenters. The molecule has 2 aliphatic rings. The fraction of sp³-hybridized carbons (Fsp3) is 0.706. The Morgan fingerprint density at radius 2 is 1.91 bits per heavy atom. The number of hydrogen-bond acceptors (Lipinski definition) is 5. The average Bonchev–Trinajstić information content (AvgIpc) is 2.97. The number of piperazine rings is 1. The maximum atomic E-state index is 10.5. The topological polar surface area (TPSA) is 59.8 Å². The third kappa shape index (κ3) is 3.26. The lowest BCUT2D eigenvalue weighted by Gasteiger charge is -2.39. The number of rotatable bonds is 4. The van der Waals surface area contributed by atoms with Gasteiger partial charge in [0, 0.05) is 38.9 Å². The predicted octanol–water partition coefficient (Wildman–Crippen LogP) is 1.18. The summed E-state index contributed by atoms with van der Waals surface area (Å²) >= 11 is 0. The van der Waals surface area contributed by atoms with Crippen LogP contribution in [0.3, 0.4) is 0 Å². The molecule has 2 fully saturated rings. The van der Waals surface area contributed by atoms with Crippen LogP contribution in [0.25, 0.3) is 0 Å². The first-order chi connectivity index (χ1) is 10.6. The largest absolute Gasteiger partial charge is 0.389 e. The van der Waals surface area contributed by atoms with Gasteiger partial charge in [0.25, 0.3) is 0 Å². The van der Waals surface area contributed by atoms with Crippen molar-refractivity contribution < 1.29 is 10.2 Å². The van der Waals surface area contributed by atoms with Crippen molar-refractivity contribution in [2.75, 3.05) is 37.6 Å². The molecule has 0 spiro atoms. The van der Waals surface area contributed by atoms with Gasteiger partial charge in [0.15, 0.2) is 0 Å². The number of anilines is 1. The second-order valence-corrected chi connectivity index (χ2v) is 6.78. The summed E-state index contributed by atoms with van der Waals surface area (Å²) in [7, 11) is 0. The molecule has 1 atom stereocenters. The SMILES string of the molecule is Cc1ccncc1N1CCN(CC(O)C2(O)CCCC2)CC1. The summed E-state index contributed by atoms with van der Waals surface area (Å²) < 4.78 is 0. The number of aromatic nitrogens is 1. The molecular weight excluding hydrogens is 278 g/mol. The summed E-state index contributed by atoms with van der Waals surface area (Å²) in [6.45, 7) is 6.41. The molecule has 5 heteroatoms. The maximum Gasteiger partial charge on any atom is 0.0953 e. The Hall–Kier alpha value is -1.17. The summed E-state index contributed by atoms with van der Waals surface area (Å²) in [5.41, 5.74) is 1.61. The van der Waals surface area contributed by atoms with Crippen molar-refractivity contribution in [1.82, 2.24) is 9.88 Å². The molecule has 22 heavy (non-hydrogen) atoms. The van der Waals surface area contributed by atoms with E-state index in [1.807, 2.05) is 18.5 Å². The molecule has 0 radical (unpaired) electrons. The van der Waals surface area contributed by atoms with E-state index in [0.717, 1.165) is 51.9 Å². The van der Waals surface area contributed by atoms with Gasteiger partial charge in [-0.15, -0.1) is 0 Å². The Balaban J connectivity index is 1.53. The fourth-order valence-corrected chi connectivity index (χ4v) is 3.69. The molecule has 1 saturated heterocycles. The molecule has 0 aromatic carbocycles. The number of hydrogen-bond donors (Lipinski definition) is 2. The minimum absolute atomic E-state index is 0.580. The molecule has 0 amide bonds. The third-order valence-corrected chi connectivity index (χ3v) is 5.25. The van der Waals surface area contributed by atoms with Gasteiger partial charge in [-0.05, 0) is 31.4 Å². The molecule has 2 N–H and O–H groups in total. The van der Waals surface area contributed by atoms with E-state index >= 15 is 0 Å². The van der Waals surface area contributed by atoms with Crippen LogP contribution in [0, 0.1) is 6.92 Å². The standard InChI is InChI=1S/C17H27N3O2/c1-14-4-7-18-12-15(14)20-10-8-19(9-11-20)13-16(21)17(22)5-2-3-6-17/h4,7,12,16,21-22H,2-3,5-6,8-11,13H2,1H3. The Morgan fingerprint density at radius 3 is 2.55 bits per heavy atom. The number of aliphatic hydroxyl groups is 2. The zero-order chi connectivity index (χ0) is 15.6. The van der Waals surface area contributed by atoms with Crippen molar-refractivity contribution in [2.24, 2.45) is 0 Å². The summed E-state index contributed by atoms with van der Waals surface area (Å²) in [5, 5.41) is 20.8. The van der Waals surface area contributed by atoms with Crippen molar-refractivity contribution in [2.45, 2.75) is 44.3 Å². The molecule has 5 nitrogen and oxygen atoms in total. The molecule has 3 rings (SSSR count). The first kappa shape index (κ1) is 15.7. The van der Waals surface area contributed by atoms with Gasteiger partial charge < -0.3 is 15.1 Å². The van der Waals surface area contributed by atoms with Crippen molar-refractivity contribution in [3.63, 3.8) is 0 Å². The van der Waals surface area contributed by atoms with Gasteiger partial charge in [-0.2, -0.15) is 0 Å². The Bertz CT molecular complexity index is 494.